The maximum Gasteiger partial charge on any atom is 0.307 e. The van der Waals surface area contributed by atoms with Crippen LogP contribution in [0.25, 0.3) is 11.1 Å². The Bertz CT molecular complexity index is 975. The average Bonchev–Trinajstić information content (AvgIpc) is 2.65. The molecule has 0 amide bonds. The fraction of sp³-hybridized carbons (Fsp3) is 0.520. The Balaban J connectivity index is 2.17. The van der Waals surface area contributed by atoms with E-state index in [-0.39, 0.29) is 12.5 Å². The van der Waals surface area contributed by atoms with E-state index in [1.807, 2.05) is 45.9 Å². The second-order valence-electron chi connectivity index (χ2n) is 9.52. The van der Waals surface area contributed by atoms with Gasteiger partial charge in [0.1, 0.15) is 5.75 Å². The van der Waals surface area contributed by atoms with Crippen LogP contribution in [0.5, 0.6) is 5.75 Å². The number of halogens is 1. The summed E-state index contributed by atoms with van der Waals surface area (Å²) >= 11 is 6.55. The summed E-state index contributed by atoms with van der Waals surface area (Å²) in [6, 6.07) is 5.78. The van der Waals surface area contributed by atoms with Gasteiger partial charge in [0.25, 0.3) is 0 Å². The maximum atomic E-state index is 11.7. The first-order valence-corrected chi connectivity index (χ1v) is 11.3. The molecule has 0 spiro atoms. The Labute approximate surface area is 190 Å². The topological polar surface area (TPSA) is 62.7 Å². The molecular formula is C25H33ClN2O3. The van der Waals surface area contributed by atoms with E-state index in [4.69, 9.17) is 21.3 Å². The molecule has 2 aromatic rings. The summed E-state index contributed by atoms with van der Waals surface area (Å²) in [6.45, 7) is 14.2. The van der Waals surface area contributed by atoms with Crippen molar-refractivity contribution in [2.45, 2.75) is 66.9 Å². The van der Waals surface area contributed by atoms with E-state index in [2.05, 4.69) is 18.7 Å². The number of pyridine rings is 1. The molecule has 0 saturated carbocycles. The third kappa shape index (κ3) is 5.32. The molecule has 0 radical (unpaired) electrons. The lowest BCUT2D eigenvalue weighted by atomic mass is 9.82. The predicted molar refractivity (Wildman–Crippen MR) is 126 cm³/mol. The van der Waals surface area contributed by atoms with Gasteiger partial charge in [-0.3, -0.25) is 9.78 Å². The highest BCUT2D eigenvalue weighted by atomic mass is 35.5. The van der Waals surface area contributed by atoms with Crippen molar-refractivity contribution in [1.29, 1.82) is 0 Å². The molecular weight excluding hydrogens is 412 g/mol. The van der Waals surface area contributed by atoms with Gasteiger partial charge in [-0.15, -0.1) is 0 Å². The van der Waals surface area contributed by atoms with E-state index in [1.54, 1.807) is 0 Å². The number of carboxylic acid groups (broad SMARTS) is 1. The largest absolute Gasteiger partial charge is 0.489 e. The molecule has 2 heterocycles. The number of hydrogen-bond acceptors (Lipinski definition) is 4. The SMILES string of the molecule is Cc1nc(C)c(-c2ccc(OC(C)C)c(Cl)c2)c(N2CCC(C)(C)CC2)c1CC(=O)O. The fourth-order valence-corrected chi connectivity index (χ4v) is 4.49. The molecule has 0 atom stereocenters. The van der Waals surface area contributed by atoms with Crippen molar-refractivity contribution in [3.63, 3.8) is 0 Å². The Morgan fingerprint density at radius 2 is 1.87 bits per heavy atom. The second-order valence-corrected chi connectivity index (χ2v) is 9.93. The van der Waals surface area contributed by atoms with Crippen LogP contribution in [-0.4, -0.2) is 35.3 Å². The minimum atomic E-state index is -0.850. The minimum absolute atomic E-state index is 0.0283. The van der Waals surface area contributed by atoms with Gasteiger partial charge in [0.15, 0.2) is 0 Å². The van der Waals surface area contributed by atoms with Gasteiger partial charge in [0.05, 0.1) is 23.2 Å². The molecule has 1 aliphatic rings. The first kappa shape index (κ1) is 23.4. The van der Waals surface area contributed by atoms with Crippen LogP contribution in [0.2, 0.25) is 5.02 Å². The number of ether oxygens (including phenoxy) is 1. The van der Waals surface area contributed by atoms with Gasteiger partial charge in [0.2, 0.25) is 0 Å². The number of anilines is 1. The monoisotopic (exact) mass is 444 g/mol. The standard InChI is InChI=1S/C25H33ClN2O3/c1-15(2)31-21-8-7-18(13-20(21)26)23-17(4)27-16(3)19(14-22(29)30)24(23)28-11-9-25(5,6)10-12-28/h7-8,13,15H,9-12,14H2,1-6H3,(H,29,30). The van der Waals surface area contributed by atoms with Crippen LogP contribution in [-0.2, 0) is 11.2 Å². The Hall–Kier alpha value is -2.27. The zero-order valence-electron chi connectivity index (χ0n) is 19.4. The highest BCUT2D eigenvalue weighted by Gasteiger charge is 2.30. The number of nitrogens with zero attached hydrogens (tertiary/aromatic N) is 2. The number of aliphatic carboxylic acids is 1. The zero-order chi connectivity index (χ0) is 22.9. The molecule has 168 valence electrons. The van der Waals surface area contributed by atoms with E-state index < -0.39 is 5.97 Å². The summed E-state index contributed by atoms with van der Waals surface area (Å²) in [4.78, 5) is 18.8. The summed E-state index contributed by atoms with van der Waals surface area (Å²) in [5.74, 6) is -0.206. The van der Waals surface area contributed by atoms with Crippen LogP contribution in [0.1, 0.15) is 57.5 Å². The molecule has 0 aliphatic carbocycles. The lowest BCUT2D eigenvalue weighted by Gasteiger charge is -2.40. The number of hydrogen-bond donors (Lipinski definition) is 1. The third-order valence-corrected chi connectivity index (χ3v) is 6.30. The van der Waals surface area contributed by atoms with Gasteiger partial charge in [-0.1, -0.05) is 31.5 Å². The lowest BCUT2D eigenvalue weighted by molar-refractivity contribution is -0.136. The van der Waals surface area contributed by atoms with Gasteiger partial charge in [-0.25, -0.2) is 0 Å². The summed E-state index contributed by atoms with van der Waals surface area (Å²) in [5.41, 5.74) is 5.59. The molecule has 1 fully saturated rings. The number of benzene rings is 1. The molecule has 1 N–H and O–H groups in total. The molecule has 1 aromatic heterocycles. The molecule has 0 unspecified atom stereocenters. The van der Waals surface area contributed by atoms with Crippen LogP contribution in [0, 0.1) is 19.3 Å². The molecule has 1 aromatic carbocycles. The highest BCUT2D eigenvalue weighted by Crippen LogP contribution is 2.43. The van der Waals surface area contributed by atoms with E-state index in [1.165, 1.54) is 0 Å². The third-order valence-electron chi connectivity index (χ3n) is 6.00. The Morgan fingerprint density at radius 3 is 2.42 bits per heavy atom. The minimum Gasteiger partial charge on any atom is -0.489 e. The summed E-state index contributed by atoms with van der Waals surface area (Å²) in [7, 11) is 0. The van der Waals surface area contributed by atoms with Crippen molar-refractivity contribution < 1.29 is 14.6 Å². The maximum absolute atomic E-state index is 11.7. The van der Waals surface area contributed by atoms with Crippen molar-refractivity contribution in [3.05, 3.63) is 40.2 Å². The fourth-order valence-electron chi connectivity index (χ4n) is 4.27. The molecule has 0 bridgehead atoms. The first-order chi connectivity index (χ1) is 14.5. The first-order valence-electron chi connectivity index (χ1n) is 10.9. The average molecular weight is 445 g/mol. The van der Waals surface area contributed by atoms with Crippen molar-refractivity contribution in [1.82, 2.24) is 4.98 Å². The number of aryl methyl sites for hydroxylation is 2. The Morgan fingerprint density at radius 1 is 1.23 bits per heavy atom. The van der Waals surface area contributed by atoms with Crippen LogP contribution in [0.4, 0.5) is 5.69 Å². The van der Waals surface area contributed by atoms with Gasteiger partial charge >= 0.3 is 5.97 Å². The van der Waals surface area contributed by atoms with Crippen LogP contribution >= 0.6 is 11.6 Å². The summed E-state index contributed by atoms with van der Waals surface area (Å²) < 4.78 is 5.80. The van der Waals surface area contributed by atoms with Crippen LogP contribution in [0.15, 0.2) is 18.2 Å². The second kappa shape index (κ2) is 9.07. The van der Waals surface area contributed by atoms with E-state index >= 15 is 0 Å². The van der Waals surface area contributed by atoms with Gasteiger partial charge in [-0.05, 0) is 63.6 Å². The normalized spacial score (nSPS) is 15.9. The lowest BCUT2D eigenvalue weighted by Crippen LogP contribution is -2.38. The zero-order valence-corrected chi connectivity index (χ0v) is 20.1. The number of rotatable bonds is 6. The van der Waals surface area contributed by atoms with Crippen LogP contribution < -0.4 is 9.64 Å². The number of carbonyl (C=O) groups is 1. The number of carboxylic acids is 1. The van der Waals surface area contributed by atoms with E-state index in [0.29, 0.717) is 16.2 Å². The van der Waals surface area contributed by atoms with E-state index in [9.17, 15) is 9.90 Å². The quantitative estimate of drug-likeness (QED) is 0.586. The molecule has 6 heteroatoms. The Kier molecular flexibility index (Phi) is 6.85. The molecule has 3 rings (SSSR count). The smallest absolute Gasteiger partial charge is 0.307 e. The molecule has 1 saturated heterocycles. The van der Waals surface area contributed by atoms with Crippen molar-refractivity contribution in [2.75, 3.05) is 18.0 Å². The van der Waals surface area contributed by atoms with Crippen molar-refractivity contribution in [2.24, 2.45) is 5.41 Å². The molecule has 5 nitrogen and oxygen atoms in total. The molecule has 1 aliphatic heterocycles. The van der Waals surface area contributed by atoms with Gasteiger partial charge in [-0.2, -0.15) is 0 Å². The molecule has 31 heavy (non-hydrogen) atoms. The number of aromatic nitrogens is 1. The summed E-state index contributed by atoms with van der Waals surface area (Å²) in [5, 5.41) is 10.1. The van der Waals surface area contributed by atoms with Gasteiger partial charge in [0, 0.05) is 35.6 Å². The van der Waals surface area contributed by atoms with Crippen molar-refractivity contribution >= 4 is 23.3 Å². The summed E-state index contributed by atoms with van der Waals surface area (Å²) in [6.07, 6.45) is 2.09. The van der Waals surface area contributed by atoms with Gasteiger partial charge < -0.3 is 14.7 Å². The van der Waals surface area contributed by atoms with Crippen molar-refractivity contribution in [3.8, 4) is 16.9 Å². The highest BCUT2D eigenvalue weighted by molar-refractivity contribution is 6.32. The predicted octanol–water partition coefficient (Wildman–Crippen LogP) is 6.06. The number of piperidine rings is 1. The van der Waals surface area contributed by atoms with Crippen LogP contribution in [0.3, 0.4) is 0 Å². The van der Waals surface area contributed by atoms with E-state index in [0.717, 1.165) is 59.7 Å².